The minimum Gasteiger partial charge on any atom is -0.393 e. The molecule has 0 amide bonds. The molecule has 0 aliphatic rings. The second-order valence-electron chi connectivity index (χ2n) is 6.82. The first-order valence-corrected chi connectivity index (χ1v) is 11.3. The minimum atomic E-state index is -3.23. The van der Waals surface area contributed by atoms with Crippen molar-refractivity contribution >= 4 is 21.8 Å². The Morgan fingerprint density at radius 3 is 2.42 bits per heavy atom. The van der Waals surface area contributed by atoms with Crippen molar-refractivity contribution in [2.75, 3.05) is 30.6 Å². The van der Waals surface area contributed by atoms with Crippen LogP contribution in [-0.2, 0) is 10.0 Å². The van der Waals surface area contributed by atoms with Gasteiger partial charge in [-0.2, -0.15) is 0 Å². The van der Waals surface area contributed by atoms with Crippen LogP contribution in [0.4, 0.5) is 5.69 Å². The molecule has 1 aromatic carbocycles. The Morgan fingerprint density at radius 1 is 1.15 bits per heavy atom. The lowest BCUT2D eigenvalue weighted by molar-refractivity contribution is 0.179. The molecule has 1 rings (SSSR count). The van der Waals surface area contributed by atoms with Crippen LogP contribution in [0.3, 0.4) is 0 Å². The number of benzene rings is 1. The SMILES string of the molecule is CCN(CC/C=C/c1ccc(NS(C)(=O)=O)cc1)CCCCCC(C)O. The summed E-state index contributed by atoms with van der Waals surface area (Å²) in [7, 11) is -3.23. The van der Waals surface area contributed by atoms with Gasteiger partial charge in [-0.25, -0.2) is 8.42 Å². The first-order chi connectivity index (χ1) is 12.3. The van der Waals surface area contributed by atoms with Crippen molar-refractivity contribution in [2.45, 2.75) is 52.1 Å². The van der Waals surface area contributed by atoms with Crippen LogP contribution in [0.5, 0.6) is 0 Å². The molecular weight excluding hydrogens is 348 g/mol. The number of sulfonamides is 1. The summed E-state index contributed by atoms with van der Waals surface area (Å²) in [6.45, 7) is 7.23. The number of hydrogen-bond acceptors (Lipinski definition) is 4. The number of nitrogens with one attached hydrogen (secondary N) is 1. The Bertz CT molecular complexity index is 625. The zero-order chi connectivity index (χ0) is 19.4. The molecule has 0 saturated heterocycles. The Labute approximate surface area is 159 Å². The van der Waals surface area contributed by atoms with E-state index in [1.807, 2.05) is 19.1 Å². The van der Waals surface area contributed by atoms with E-state index in [9.17, 15) is 13.5 Å². The zero-order valence-corrected chi connectivity index (χ0v) is 17.1. The topological polar surface area (TPSA) is 69.6 Å². The summed E-state index contributed by atoms with van der Waals surface area (Å²) in [5, 5.41) is 9.26. The van der Waals surface area contributed by atoms with Gasteiger partial charge in [0.2, 0.25) is 10.0 Å². The van der Waals surface area contributed by atoms with Crippen LogP contribution in [0.1, 0.15) is 51.5 Å². The van der Waals surface area contributed by atoms with Crippen LogP contribution < -0.4 is 4.72 Å². The van der Waals surface area contributed by atoms with Crippen LogP contribution in [0.25, 0.3) is 6.08 Å². The van der Waals surface area contributed by atoms with Gasteiger partial charge in [-0.1, -0.05) is 44.1 Å². The average Bonchev–Trinajstić information content (AvgIpc) is 2.56. The molecule has 6 heteroatoms. The molecule has 0 aliphatic heterocycles. The normalized spacial score (nSPS) is 13.4. The first-order valence-electron chi connectivity index (χ1n) is 9.45. The van der Waals surface area contributed by atoms with Crippen molar-refractivity contribution in [3.8, 4) is 0 Å². The molecule has 0 aliphatic carbocycles. The van der Waals surface area contributed by atoms with Gasteiger partial charge in [-0.3, -0.25) is 4.72 Å². The maximum Gasteiger partial charge on any atom is 0.229 e. The highest BCUT2D eigenvalue weighted by Gasteiger charge is 2.02. The highest BCUT2D eigenvalue weighted by Crippen LogP contribution is 2.12. The fourth-order valence-electron chi connectivity index (χ4n) is 2.73. The molecule has 26 heavy (non-hydrogen) atoms. The number of rotatable bonds is 13. The van der Waals surface area contributed by atoms with Gasteiger partial charge in [0.25, 0.3) is 0 Å². The molecule has 0 heterocycles. The summed E-state index contributed by atoms with van der Waals surface area (Å²) in [4.78, 5) is 2.45. The van der Waals surface area contributed by atoms with Crippen LogP contribution >= 0.6 is 0 Å². The number of aliphatic hydroxyl groups excluding tert-OH is 1. The smallest absolute Gasteiger partial charge is 0.229 e. The van der Waals surface area contributed by atoms with E-state index in [2.05, 4.69) is 28.7 Å². The van der Waals surface area contributed by atoms with Crippen LogP contribution in [0.2, 0.25) is 0 Å². The van der Waals surface area contributed by atoms with E-state index < -0.39 is 10.0 Å². The highest BCUT2D eigenvalue weighted by atomic mass is 32.2. The molecule has 1 atom stereocenters. The largest absolute Gasteiger partial charge is 0.393 e. The van der Waals surface area contributed by atoms with Gasteiger partial charge in [-0.15, -0.1) is 0 Å². The van der Waals surface area contributed by atoms with Gasteiger partial charge in [0.15, 0.2) is 0 Å². The van der Waals surface area contributed by atoms with Gasteiger partial charge in [0.05, 0.1) is 12.4 Å². The molecule has 148 valence electrons. The van der Waals surface area contributed by atoms with Crippen molar-refractivity contribution in [2.24, 2.45) is 0 Å². The van der Waals surface area contributed by atoms with E-state index in [1.165, 1.54) is 12.8 Å². The molecule has 1 unspecified atom stereocenters. The second-order valence-corrected chi connectivity index (χ2v) is 8.57. The maximum absolute atomic E-state index is 11.2. The Morgan fingerprint density at radius 2 is 1.85 bits per heavy atom. The van der Waals surface area contributed by atoms with Crippen molar-refractivity contribution in [3.63, 3.8) is 0 Å². The number of aliphatic hydroxyl groups is 1. The lowest BCUT2D eigenvalue weighted by Crippen LogP contribution is -2.25. The molecule has 0 saturated carbocycles. The molecule has 5 nitrogen and oxygen atoms in total. The summed E-state index contributed by atoms with van der Waals surface area (Å²) in [5.41, 5.74) is 1.64. The fourth-order valence-corrected chi connectivity index (χ4v) is 3.30. The number of unbranched alkanes of at least 4 members (excludes halogenated alkanes) is 2. The lowest BCUT2D eigenvalue weighted by Gasteiger charge is -2.19. The summed E-state index contributed by atoms with van der Waals surface area (Å²) in [5.74, 6) is 0. The molecule has 0 aromatic heterocycles. The van der Waals surface area contributed by atoms with Crippen LogP contribution in [-0.4, -0.2) is 50.4 Å². The van der Waals surface area contributed by atoms with E-state index >= 15 is 0 Å². The van der Waals surface area contributed by atoms with E-state index in [4.69, 9.17) is 0 Å². The van der Waals surface area contributed by atoms with E-state index in [1.54, 1.807) is 12.1 Å². The lowest BCUT2D eigenvalue weighted by atomic mass is 10.1. The summed E-state index contributed by atoms with van der Waals surface area (Å²) >= 11 is 0. The Balaban J connectivity index is 2.29. The summed E-state index contributed by atoms with van der Waals surface area (Å²) < 4.78 is 24.8. The first kappa shape index (κ1) is 22.7. The monoisotopic (exact) mass is 382 g/mol. The van der Waals surface area contributed by atoms with E-state index in [-0.39, 0.29) is 6.10 Å². The molecule has 0 spiro atoms. The third kappa shape index (κ3) is 11.3. The third-order valence-electron chi connectivity index (χ3n) is 4.18. The minimum absolute atomic E-state index is 0.182. The van der Waals surface area contributed by atoms with Crippen molar-refractivity contribution in [1.29, 1.82) is 0 Å². The molecular formula is C20H34N2O3S. The van der Waals surface area contributed by atoms with Gasteiger partial charge < -0.3 is 10.0 Å². The molecule has 0 bridgehead atoms. The predicted octanol–water partition coefficient (Wildman–Crippen LogP) is 3.72. The number of nitrogens with zero attached hydrogens (tertiary/aromatic N) is 1. The van der Waals surface area contributed by atoms with Crippen LogP contribution in [0.15, 0.2) is 30.3 Å². The quantitative estimate of drug-likeness (QED) is 0.510. The molecule has 0 radical (unpaired) electrons. The van der Waals surface area contributed by atoms with Gasteiger partial charge in [0.1, 0.15) is 0 Å². The van der Waals surface area contributed by atoms with Gasteiger partial charge in [-0.05, 0) is 57.0 Å². The number of hydrogen-bond donors (Lipinski definition) is 2. The molecule has 1 aromatic rings. The average molecular weight is 383 g/mol. The van der Waals surface area contributed by atoms with E-state index in [0.717, 1.165) is 50.7 Å². The van der Waals surface area contributed by atoms with Crippen molar-refractivity contribution < 1.29 is 13.5 Å². The maximum atomic E-state index is 11.2. The zero-order valence-electron chi connectivity index (χ0n) is 16.3. The number of anilines is 1. The van der Waals surface area contributed by atoms with E-state index in [0.29, 0.717) is 5.69 Å². The van der Waals surface area contributed by atoms with Crippen molar-refractivity contribution in [3.05, 3.63) is 35.9 Å². The van der Waals surface area contributed by atoms with Gasteiger partial charge >= 0.3 is 0 Å². The molecule has 2 N–H and O–H groups in total. The Hall–Kier alpha value is -1.37. The van der Waals surface area contributed by atoms with Gasteiger partial charge in [0, 0.05) is 12.2 Å². The van der Waals surface area contributed by atoms with Crippen LogP contribution in [0, 0.1) is 0 Å². The molecule has 0 fully saturated rings. The predicted molar refractivity (Wildman–Crippen MR) is 111 cm³/mol. The second kappa shape index (κ2) is 12.1. The summed E-state index contributed by atoms with van der Waals surface area (Å²) in [6.07, 6.45) is 10.5. The van der Waals surface area contributed by atoms with Crippen molar-refractivity contribution in [1.82, 2.24) is 4.90 Å². The third-order valence-corrected chi connectivity index (χ3v) is 4.79. The Kier molecular flexibility index (Phi) is 10.5. The standard InChI is InChI=1S/C20H34N2O3S/c1-4-22(16-8-5-6-10-18(2)23)17-9-7-11-19-12-14-20(15-13-19)21-26(3,24)25/h7,11-15,18,21,23H,4-6,8-10,16-17H2,1-3H3/b11-7+. The highest BCUT2D eigenvalue weighted by molar-refractivity contribution is 7.92. The fraction of sp³-hybridized carbons (Fsp3) is 0.600. The summed E-state index contributed by atoms with van der Waals surface area (Å²) in [6, 6.07) is 7.35.